The number of pyridine rings is 1. The van der Waals surface area contributed by atoms with E-state index in [1.54, 1.807) is 6.20 Å². The first-order valence-corrected chi connectivity index (χ1v) is 12.9. The van der Waals surface area contributed by atoms with E-state index in [0.29, 0.717) is 22.4 Å². The first-order chi connectivity index (χ1) is 17.9. The lowest BCUT2D eigenvalue weighted by atomic mass is 10.0. The van der Waals surface area contributed by atoms with Crippen molar-refractivity contribution in [3.05, 3.63) is 107 Å². The average Bonchev–Trinajstić information content (AvgIpc) is 3.49. The van der Waals surface area contributed by atoms with Gasteiger partial charge in [-0.1, -0.05) is 41.9 Å². The maximum absolute atomic E-state index is 12.8. The molecule has 1 fully saturated rings. The number of nitrogens with zero attached hydrogens (tertiary/aromatic N) is 2. The molecule has 2 N–H and O–H groups in total. The van der Waals surface area contributed by atoms with E-state index in [9.17, 15) is 4.79 Å². The van der Waals surface area contributed by atoms with Gasteiger partial charge in [-0.15, -0.1) is 0 Å². The number of carbonyl (C=O) groups excluding carboxylic acids is 1. The number of hydrogen-bond acceptors (Lipinski definition) is 4. The number of carbonyl (C=O) groups is 1. The van der Waals surface area contributed by atoms with Crippen molar-refractivity contribution in [1.29, 1.82) is 0 Å². The molecule has 0 bridgehead atoms. The van der Waals surface area contributed by atoms with Gasteiger partial charge in [-0.05, 0) is 79.7 Å². The van der Waals surface area contributed by atoms with E-state index < -0.39 is 0 Å². The number of benzene rings is 2. The summed E-state index contributed by atoms with van der Waals surface area (Å²) in [5.41, 5.74) is 4.62. The molecule has 6 nitrogen and oxygen atoms in total. The number of thiocarbonyl (C=S) groups is 1. The van der Waals surface area contributed by atoms with Crippen LogP contribution in [0.4, 0.5) is 5.69 Å². The smallest absolute Gasteiger partial charge is 0.226 e. The molecule has 2 atom stereocenters. The summed E-state index contributed by atoms with van der Waals surface area (Å²) in [6.45, 7) is 4.38. The lowest BCUT2D eigenvalue weighted by Crippen LogP contribution is -2.32. The van der Waals surface area contributed by atoms with Crippen molar-refractivity contribution in [3.8, 4) is 11.3 Å². The topological polar surface area (TPSA) is 70.4 Å². The number of hydrogen-bond donors (Lipinski definition) is 2. The highest BCUT2D eigenvalue weighted by atomic mass is 35.5. The van der Waals surface area contributed by atoms with E-state index in [2.05, 4.69) is 15.6 Å². The van der Waals surface area contributed by atoms with Crippen LogP contribution in [0.5, 0.6) is 0 Å². The second-order valence-electron chi connectivity index (χ2n) is 9.15. The van der Waals surface area contributed by atoms with Crippen LogP contribution >= 0.6 is 23.8 Å². The molecule has 0 saturated carbocycles. The number of halogens is 1. The summed E-state index contributed by atoms with van der Waals surface area (Å²) in [6, 6.07) is 22.8. The van der Waals surface area contributed by atoms with Crippen LogP contribution in [0.15, 0.2) is 83.4 Å². The summed E-state index contributed by atoms with van der Waals surface area (Å²) >= 11 is 12.1. The standard InChI is InChI=1S/C29H27ClN4O2S/c1-18-6-5-7-21(16-18)32-26(35)13-15-34-28(27(33-29(34)37)23-8-3-4-14-31-23)25-12-11-24(36-25)20-10-9-19(2)22(30)17-20/h3-12,14,16-17,27-28H,13,15H2,1-2H3,(H,32,35)(H,33,37)/t27-,28+/m1/s1. The average molecular weight is 531 g/mol. The largest absolute Gasteiger partial charge is 0.459 e. The highest BCUT2D eigenvalue weighted by Gasteiger charge is 2.41. The predicted molar refractivity (Wildman–Crippen MR) is 150 cm³/mol. The Morgan fingerprint density at radius 3 is 2.73 bits per heavy atom. The number of nitrogens with one attached hydrogen (secondary N) is 2. The maximum Gasteiger partial charge on any atom is 0.226 e. The van der Waals surface area contributed by atoms with Gasteiger partial charge in [0.2, 0.25) is 5.91 Å². The molecule has 0 aliphatic carbocycles. The van der Waals surface area contributed by atoms with E-state index in [4.69, 9.17) is 28.2 Å². The van der Waals surface area contributed by atoms with Gasteiger partial charge < -0.3 is 20.0 Å². The van der Waals surface area contributed by atoms with Crippen LogP contribution in [0.2, 0.25) is 5.02 Å². The highest BCUT2D eigenvalue weighted by molar-refractivity contribution is 7.80. The molecule has 1 amide bonds. The first-order valence-electron chi connectivity index (χ1n) is 12.1. The van der Waals surface area contributed by atoms with Crippen LogP contribution in [0, 0.1) is 13.8 Å². The zero-order valence-electron chi connectivity index (χ0n) is 20.6. The number of amides is 1. The molecule has 1 aliphatic rings. The minimum atomic E-state index is -0.274. The molecular formula is C29H27ClN4O2S. The highest BCUT2D eigenvalue weighted by Crippen LogP contribution is 2.40. The van der Waals surface area contributed by atoms with Crippen LogP contribution in [0.25, 0.3) is 11.3 Å². The van der Waals surface area contributed by atoms with Crippen LogP contribution < -0.4 is 10.6 Å². The lowest BCUT2D eigenvalue weighted by molar-refractivity contribution is -0.116. The van der Waals surface area contributed by atoms with Gasteiger partial charge in [0.25, 0.3) is 0 Å². The Labute approximate surface area is 226 Å². The molecule has 2 aromatic carbocycles. The van der Waals surface area contributed by atoms with Crippen molar-refractivity contribution < 1.29 is 9.21 Å². The Balaban J connectivity index is 1.40. The zero-order valence-corrected chi connectivity index (χ0v) is 22.1. The predicted octanol–water partition coefficient (Wildman–Crippen LogP) is 6.61. The second-order valence-corrected chi connectivity index (χ2v) is 9.95. The van der Waals surface area contributed by atoms with Crippen LogP contribution in [0.3, 0.4) is 0 Å². The fourth-order valence-corrected chi connectivity index (χ4v) is 5.05. The van der Waals surface area contributed by atoms with Crippen LogP contribution in [-0.4, -0.2) is 27.4 Å². The van der Waals surface area contributed by atoms with Gasteiger partial charge in [-0.2, -0.15) is 0 Å². The Kier molecular flexibility index (Phi) is 7.26. The normalized spacial score (nSPS) is 17.1. The Hall–Kier alpha value is -3.68. The molecule has 8 heteroatoms. The van der Waals surface area contributed by atoms with Crippen molar-refractivity contribution in [2.24, 2.45) is 0 Å². The molecule has 0 unspecified atom stereocenters. The molecule has 2 aromatic heterocycles. The third-order valence-corrected chi connectivity index (χ3v) is 7.21. The van der Waals surface area contributed by atoms with E-state index in [1.807, 2.05) is 91.5 Å². The van der Waals surface area contributed by atoms with E-state index in [1.165, 1.54) is 0 Å². The summed E-state index contributed by atoms with van der Waals surface area (Å²) in [6.07, 6.45) is 2.03. The van der Waals surface area contributed by atoms with Gasteiger partial charge in [0, 0.05) is 35.4 Å². The summed E-state index contributed by atoms with van der Waals surface area (Å²) in [4.78, 5) is 19.4. The fraction of sp³-hybridized carbons (Fsp3) is 0.207. The third-order valence-electron chi connectivity index (χ3n) is 6.45. The maximum atomic E-state index is 12.8. The van der Waals surface area contributed by atoms with Crippen LogP contribution in [-0.2, 0) is 4.79 Å². The molecule has 3 heterocycles. The van der Waals surface area contributed by atoms with Gasteiger partial charge >= 0.3 is 0 Å². The third kappa shape index (κ3) is 5.53. The molecular weight excluding hydrogens is 504 g/mol. The summed E-state index contributed by atoms with van der Waals surface area (Å²) < 4.78 is 6.37. The summed E-state index contributed by atoms with van der Waals surface area (Å²) in [5, 5.41) is 7.62. The van der Waals surface area contributed by atoms with Crippen molar-refractivity contribution in [2.75, 3.05) is 11.9 Å². The van der Waals surface area contributed by atoms with E-state index >= 15 is 0 Å². The van der Waals surface area contributed by atoms with E-state index in [-0.39, 0.29) is 24.4 Å². The number of aromatic nitrogens is 1. The van der Waals surface area contributed by atoms with E-state index in [0.717, 1.165) is 33.8 Å². The Bertz CT molecular complexity index is 1440. The van der Waals surface area contributed by atoms with Crippen molar-refractivity contribution in [2.45, 2.75) is 32.4 Å². The second kappa shape index (κ2) is 10.7. The molecule has 37 heavy (non-hydrogen) atoms. The number of rotatable bonds is 7. The van der Waals surface area contributed by atoms with Crippen molar-refractivity contribution >= 4 is 40.5 Å². The SMILES string of the molecule is Cc1cccc(NC(=O)CCN2C(=S)N[C@H](c3ccccn3)[C@@H]2c2ccc(-c3ccc(C)c(Cl)c3)o2)c1. The zero-order chi connectivity index (χ0) is 25.9. The minimum Gasteiger partial charge on any atom is -0.459 e. The Morgan fingerprint density at radius 2 is 1.97 bits per heavy atom. The monoisotopic (exact) mass is 530 g/mol. The number of anilines is 1. The molecule has 0 radical (unpaired) electrons. The molecule has 1 saturated heterocycles. The summed E-state index contributed by atoms with van der Waals surface area (Å²) in [5.74, 6) is 1.36. The van der Waals surface area contributed by atoms with Gasteiger partial charge in [0.1, 0.15) is 17.6 Å². The van der Waals surface area contributed by atoms with Crippen LogP contribution in [0.1, 0.15) is 41.1 Å². The number of aryl methyl sites for hydroxylation is 2. The van der Waals surface area contributed by atoms with Crippen molar-refractivity contribution in [3.63, 3.8) is 0 Å². The van der Waals surface area contributed by atoms with Gasteiger partial charge in [0.05, 0.1) is 11.7 Å². The quantitative estimate of drug-likeness (QED) is 0.262. The lowest BCUT2D eigenvalue weighted by Gasteiger charge is -2.25. The molecule has 188 valence electrons. The Morgan fingerprint density at radius 1 is 1.11 bits per heavy atom. The number of furan rings is 1. The van der Waals surface area contributed by atoms with Gasteiger partial charge in [-0.25, -0.2) is 0 Å². The van der Waals surface area contributed by atoms with Crippen molar-refractivity contribution in [1.82, 2.24) is 15.2 Å². The fourth-order valence-electron chi connectivity index (χ4n) is 4.54. The van der Waals surface area contributed by atoms with Gasteiger partial charge in [0.15, 0.2) is 5.11 Å². The molecule has 4 aromatic rings. The molecule has 5 rings (SSSR count). The summed E-state index contributed by atoms with van der Waals surface area (Å²) in [7, 11) is 0. The molecule has 0 spiro atoms. The molecule has 1 aliphatic heterocycles. The van der Waals surface area contributed by atoms with Gasteiger partial charge in [-0.3, -0.25) is 9.78 Å². The first kappa shape index (κ1) is 25.0. The minimum absolute atomic E-state index is 0.0807.